The molecule has 1 N–H and O–H groups in total. The summed E-state index contributed by atoms with van der Waals surface area (Å²) < 4.78 is 5.15. The molecule has 0 saturated carbocycles. The lowest BCUT2D eigenvalue weighted by Gasteiger charge is -2.10. The van der Waals surface area contributed by atoms with Gasteiger partial charge < -0.3 is 9.84 Å². The van der Waals surface area contributed by atoms with Gasteiger partial charge in [-0.1, -0.05) is 43.8 Å². The summed E-state index contributed by atoms with van der Waals surface area (Å²) in [7, 11) is 1.59. The van der Waals surface area contributed by atoms with Crippen LogP contribution in [0.15, 0.2) is 52.8 Å². The Balaban J connectivity index is 2.14. The molecule has 0 saturated heterocycles. The van der Waals surface area contributed by atoms with Gasteiger partial charge in [0.1, 0.15) is 11.5 Å². The molecule has 0 radical (unpaired) electrons. The maximum atomic E-state index is 9.64. The molecule has 2 nitrogen and oxygen atoms in total. The van der Waals surface area contributed by atoms with Crippen LogP contribution in [0.25, 0.3) is 6.08 Å². The number of rotatable bonds is 5. The Morgan fingerprint density at radius 2 is 1.90 bits per heavy atom. The largest absolute Gasteiger partial charge is 0.508 e. The first-order chi connectivity index (χ1) is 10.1. The lowest BCUT2D eigenvalue weighted by Crippen LogP contribution is -1.89. The third-order valence-electron chi connectivity index (χ3n) is 3.15. The number of methoxy groups -OCH3 is 1. The Morgan fingerprint density at radius 1 is 1.14 bits per heavy atom. The van der Waals surface area contributed by atoms with E-state index >= 15 is 0 Å². The van der Waals surface area contributed by atoms with Gasteiger partial charge in [-0.25, -0.2) is 0 Å². The number of phenols is 1. The van der Waals surface area contributed by atoms with Gasteiger partial charge in [0.05, 0.1) is 7.11 Å². The lowest BCUT2D eigenvalue weighted by atomic mass is 10.0. The molecule has 0 bridgehead atoms. The zero-order valence-corrected chi connectivity index (χ0v) is 13.4. The number of benzene rings is 2. The molecule has 0 atom stereocenters. The van der Waals surface area contributed by atoms with Gasteiger partial charge in [-0.2, -0.15) is 0 Å². The van der Waals surface area contributed by atoms with E-state index in [2.05, 4.69) is 38.1 Å². The highest BCUT2D eigenvalue weighted by atomic mass is 32.2. The summed E-state index contributed by atoms with van der Waals surface area (Å²) in [5, 5.41) is 11.7. The van der Waals surface area contributed by atoms with Gasteiger partial charge in [-0.05, 0) is 46.7 Å². The van der Waals surface area contributed by atoms with Crippen molar-refractivity contribution in [1.82, 2.24) is 0 Å². The fourth-order valence-corrected chi connectivity index (χ4v) is 3.04. The highest BCUT2D eigenvalue weighted by Gasteiger charge is 2.04. The van der Waals surface area contributed by atoms with E-state index in [1.165, 1.54) is 10.5 Å². The molecule has 0 aliphatic rings. The standard InChI is InChI=1S/C18H20O2S/c1-13(2)17-6-4-5-7-18(17)21-9-8-14-10-15(19)12-16(11-14)20-3/h4-13,19H,1-3H3. The summed E-state index contributed by atoms with van der Waals surface area (Å²) in [4.78, 5) is 1.26. The van der Waals surface area contributed by atoms with Crippen molar-refractivity contribution in [3.8, 4) is 11.5 Å². The highest BCUT2D eigenvalue weighted by molar-refractivity contribution is 8.02. The van der Waals surface area contributed by atoms with Gasteiger partial charge >= 0.3 is 0 Å². The number of hydrogen-bond donors (Lipinski definition) is 1. The first-order valence-corrected chi connectivity index (χ1v) is 7.78. The van der Waals surface area contributed by atoms with Crippen LogP contribution in [0, 0.1) is 0 Å². The SMILES string of the molecule is COc1cc(O)cc(C=CSc2ccccc2C(C)C)c1. The Bertz CT molecular complexity index is 633. The maximum Gasteiger partial charge on any atom is 0.123 e. The minimum Gasteiger partial charge on any atom is -0.508 e. The smallest absolute Gasteiger partial charge is 0.123 e. The Morgan fingerprint density at radius 3 is 2.62 bits per heavy atom. The first-order valence-electron chi connectivity index (χ1n) is 6.90. The Hall–Kier alpha value is -1.87. The van der Waals surface area contributed by atoms with Crippen LogP contribution >= 0.6 is 11.8 Å². The van der Waals surface area contributed by atoms with Crippen LogP contribution < -0.4 is 4.74 Å². The molecule has 2 aromatic rings. The molecule has 3 heteroatoms. The van der Waals surface area contributed by atoms with Crippen LogP contribution in [0.1, 0.15) is 30.9 Å². The van der Waals surface area contributed by atoms with E-state index in [0.717, 1.165) is 5.56 Å². The van der Waals surface area contributed by atoms with E-state index in [4.69, 9.17) is 4.74 Å². The Labute approximate surface area is 130 Å². The number of thioether (sulfide) groups is 1. The molecule has 0 aliphatic heterocycles. The molecule has 0 heterocycles. The molecule has 2 aromatic carbocycles. The van der Waals surface area contributed by atoms with Crippen LogP contribution in [-0.4, -0.2) is 12.2 Å². The van der Waals surface area contributed by atoms with Crippen molar-refractivity contribution in [2.75, 3.05) is 7.11 Å². The Kier molecular flexibility index (Phi) is 5.34. The predicted octanol–water partition coefficient (Wildman–Crippen LogP) is 5.29. The molecular formula is C18H20O2S. The minimum absolute atomic E-state index is 0.210. The summed E-state index contributed by atoms with van der Waals surface area (Å²) >= 11 is 1.69. The highest BCUT2D eigenvalue weighted by Crippen LogP contribution is 2.30. The van der Waals surface area contributed by atoms with Gasteiger partial charge in [0.15, 0.2) is 0 Å². The van der Waals surface area contributed by atoms with E-state index in [1.807, 2.05) is 17.6 Å². The summed E-state index contributed by atoms with van der Waals surface area (Å²) in [5.41, 5.74) is 2.27. The van der Waals surface area contributed by atoms with E-state index in [1.54, 1.807) is 31.0 Å². The molecule has 2 rings (SSSR count). The first kappa shape index (κ1) is 15.5. The second-order valence-electron chi connectivity index (χ2n) is 5.08. The number of ether oxygens (including phenoxy) is 1. The number of hydrogen-bond acceptors (Lipinski definition) is 3. The average Bonchev–Trinajstić information content (AvgIpc) is 2.47. The number of phenolic OH excluding ortho intramolecular Hbond substituents is 1. The molecule has 0 aromatic heterocycles. The zero-order chi connectivity index (χ0) is 15.2. The van der Waals surface area contributed by atoms with Crippen molar-refractivity contribution in [2.24, 2.45) is 0 Å². The third kappa shape index (κ3) is 4.30. The molecule has 0 spiro atoms. The molecule has 0 fully saturated rings. The molecule has 21 heavy (non-hydrogen) atoms. The maximum absolute atomic E-state index is 9.64. The van der Waals surface area contributed by atoms with Crippen LogP contribution in [-0.2, 0) is 0 Å². The quantitative estimate of drug-likeness (QED) is 0.761. The van der Waals surface area contributed by atoms with Crippen molar-refractivity contribution >= 4 is 17.8 Å². The topological polar surface area (TPSA) is 29.5 Å². The van der Waals surface area contributed by atoms with E-state index in [-0.39, 0.29) is 5.75 Å². The zero-order valence-electron chi connectivity index (χ0n) is 12.5. The van der Waals surface area contributed by atoms with Gasteiger partial charge in [0.25, 0.3) is 0 Å². The van der Waals surface area contributed by atoms with E-state index < -0.39 is 0 Å². The van der Waals surface area contributed by atoms with Crippen LogP contribution in [0.2, 0.25) is 0 Å². The lowest BCUT2D eigenvalue weighted by molar-refractivity contribution is 0.407. The van der Waals surface area contributed by atoms with Gasteiger partial charge in [0, 0.05) is 11.0 Å². The fourth-order valence-electron chi connectivity index (χ4n) is 2.07. The van der Waals surface area contributed by atoms with Crippen molar-refractivity contribution in [1.29, 1.82) is 0 Å². The summed E-state index contributed by atoms with van der Waals surface area (Å²) in [6.07, 6.45) is 1.98. The second kappa shape index (κ2) is 7.23. The van der Waals surface area contributed by atoms with Gasteiger partial charge in [-0.3, -0.25) is 0 Å². The summed E-state index contributed by atoms with van der Waals surface area (Å²) in [6.45, 7) is 4.40. The van der Waals surface area contributed by atoms with Crippen molar-refractivity contribution in [3.05, 3.63) is 59.0 Å². The monoisotopic (exact) mass is 300 g/mol. The third-order valence-corrected chi connectivity index (χ3v) is 4.04. The van der Waals surface area contributed by atoms with Crippen LogP contribution in [0.4, 0.5) is 0 Å². The molecule has 110 valence electrons. The molecule has 0 unspecified atom stereocenters. The van der Waals surface area contributed by atoms with Crippen LogP contribution in [0.3, 0.4) is 0 Å². The summed E-state index contributed by atoms with van der Waals surface area (Å²) in [6, 6.07) is 13.6. The van der Waals surface area contributed by atoms with Crippen LogP contribution in [0.5, 0.6) is 11.5 Å². The second-order valence-corrected chi connectivity index (χ2v) is 6.03. The van der Waals surface area contributed by atoms with E-state index in [0.29, 0.717) is 11.7 Å². The summed E-state index contributed by atoms with van der Waals surface area (Å²) in [5.74, 6) is 1.37. The van der Waals surface area contributed by atoms with Gasteiger partial charge in [0.2, 0.25) is 0 Å². The van der Waals surface area contributed by atoms with Crippen molar-refractivity contribution in [2.45, 2.75) is 24.7 Å². The minimum atomic E-state index is 0.210. The molecule has 0 aliphatic carbocycles. The normalized spacial score (nSPS) is 11.2. The number of aromatic hydroxyl groups is 1. The van der Waals surface area contributed by atoms with Crippen molar-refractivity contribution in [3.63, 3.8) is 0 Å². The average molecular weight is 300 g/mol. The van der Waals surface area contributed by atoms with E-state index in [9.17, 15) is 5.11 Å². The molecular weight excluding hydrogens is 280 g/mol. The predicted molar refractivity (Wildman–Crippen MR) is 90.1 cm³/mol. The fraction of sp³-hybridized carbons (Fsp3) is 0.222. The van der Waals surface area contributed by atoms with Crippen molar-refractivity contribution < 1.29 is 9.84 Å². The molecule has 0 amide bonds. The van der Waals surface area contributed by atoms with Gasteiger partial charge in [-0.15, -0.1) is 0 Å².